The van der Waals surface area contributed by atoms with Gasteiger partial charge in [0.05, 0.1) is 6.07 Å². The van der Waals surface area contributed by atoms with Gasteiger partial charge >= 0.3 is 5.97 Å². The molecule has 0 radical (unpaired) electrons. The molecule has 1 saturated carbocycles. The van der Waals surface area contributed by atoms with Crippen molar-refractivity contribution in [2.24, 2.45) is 5.92 Å². The second kappa shape index (κ2) is 4.83. The summed E-state index contributed by atoms with van der Waals surface area (Å²) < 4.78 is 0. The third-order valence-electron chi connectivity index (χ3n) is 2.19. The Morgan fingerprint density at radius 2 is 2.38 bits per heavy atom. The summed E-state index contributed by atoms with van der Waals surface area (Å²) in [5.41, 5.74) is 0. The summed E-state index contributed by atoms with van der Waals surface area (Å²) in [6.07, 6.45) is 3.25. The van der Waals surface area contributed by atoms with Gasteiger partial charge in [0.2, 0.25) is 0 Å². The lowest BCUT2D eigenvalue weighted by Crippen LogP contribution is -2.38. The van der Waals surface area contributed by atoms with Crippen LogP contribution in [0.3, 0.4) is 0 Å². The summed E-state index contributed by atoms with van der Waals surface area (Å²) in [6.45, 7) is 0.626. The highest BCUT2D eigenvalue weighted by Gasteiger charge is 2.35. The number of carbonyl (C=O) groups is 1. The van der Waals surface area contributed by atoms with Crippen LogP contribution in [0, 0.1) is 17.2 Å². The minimum Gasteiger partial charge on any atom is -0.480 e. The third-order valence-corrected chi connectivity index (χ3v) is 2.19. The largest absolute Gasteiger partial charge is 0.480 e. The monoisotopic (exact) mass is 182 g/mol. The van der Waals surface area contributed by atoms with Gasteiger partial charge in [-0.05, 0) is 31.7 Å². The Balaban J connectivity index is 2.16. The molecule has 0 spiro atoms. The van der Waals surface area contributed by atoms with Gasteiger partial charge < -0.3 is 10.4 Å². The molecule has 0 aromatic heterocycles. The first-order valence-corrected chi connectivity index (χ1v) is 4.59. The molecule has 0 bridgehead atoms. The highest BCUT2D eigenvalue weighted by molar-refractivity contribution is 5.74. The maximum Gasteiger partial charge on any atom is 0.320 e. The molecule has 1 rings (SSSR count). The van der Waals surface area contributed by atoms with Crippen molar-refractivity contribution < 1.29 is 9.90 Å². The fourth-order valence-corrected chi connectivity index (χ4v) is 1.31. The first-order chi connectivity index (χ1) is 6.25. The Hall–Kier alpha value is -1.08. The van der Waals surface area contributed by atoms with Crippen molar-refractivity contribution in [2.75, 3.05) is 6.54 Å². The summed E-state index contributed by atoms with van der Waals surface area (Å²) in [6, 6.07) is 1.64. The van der Waals surface area contributed by atoms with Crippen molar-refractivity contribution in [1.82, 2.24) is 5.32 Å². The molecule has 2 N–H and O–H groups in total. The lowest BCUT2D eigenvalue weighted by atomic mass is 10.2. The van der Waals surface area contributed by atoms with E-state index in [-0.39, 0.29) is 0 Å². The van der Waals surface area contributed by atoms with E-state index < -0.39 is 12.0 Å². The van der Waals surface area contributed by atoms with Gasteiger partial charge in [-0.2, -0.15) is 5.26 Å². The molecule has 1 atom stereocenters. The second-order valence-electron chi connectivity index (χ2n) is 3.37. The van der Waals surface area contributed by atoms with E-state index in [1.165, 1.54) is 0 Å². The van der Waals surface area contributed by atoms with E-state index in [0.717, 1.165) is 19.3 Å². The second-order valence-corrected chi connectivity index (χ2v) is 3.37. The Bertz CT molecular complexity index is 218. The van der Waals surface area contributed by atoms with Gasteiger partial charge in [0.15, 0.2) is 0 Å². The molecule has 0 amide bonds. The maximum absolute atomic E-state index is 10.7. The van der Waals surface area contributed by atoms with Gasteiger partial charge in [0.25, 0.3) is 0 Å². The molecule has 1 aliphatic rings. The zero-order valence-electron chi connectivity index (χ0n) is 7.49. The molecule has 0 aromatic carbocycles. The summed E-state index contributed by atoms with van der Waals surface area (Å²) in [7, 11) is 0. The number of carboxylic acid groups (broad SMARTS) is 1. The fraction of sp³-hybridized carbons (Fsp3) is 0.778. The van der Waals surface area contributed by atoms with Gasteiger partial charge in [-0.25, -0.2) is 0 Å². The predicted octanol–water partition coefficient (Wildman–Crippen LogP) is 0.743. The highest BCUT2D eigenvalue weighted by Crippen LogP contribution is 2.32. The first-order valence-electron chi connectivity index (χ1n) is 4.59. The van der Waals surface area contributed by atoms with Crippen molar-refractivity contribution >= 4 is 5.97 Å². The Morgan fingerprint density at radius 1 is 1.69 bits per heavy atom. The van der Waals surface area contributed by atoms with E-state index >= 15 is 0 Å². The van der Waals surface area contributed by atoms with E-state index in [2.05, 4.69) is 5.32 Å². The molecule has 0 aliphatic heterocycles. The summed E-state index contributed by atoms with van der Waals surface area (Å²) >= 11 is 0. The zero-order chi connectivity index (χ0) is 9.68. The van der Waals surface area contributed by atoms with E-state index in [1.807, 2.05) is 6.07 Å². The molecule has 0 saturated heterocycles. The van der Waals surface area contributed by atoms with Crippen LogP contribution in [0.5, 0.6) is 0 Å². The number of rotatable bonds is 6. The van der Waals surface area contributed by atoms with Crippen LogP contribution < -0.4 is 5.32 Å². The molecule has 0 heterocycles. The average Bonchev–Trinajstić information content (AvgIpc) is 2.87. The van der Waals surface area contributed by atoms with Crippen LogP contribution in [0.25, 0.3) is 0 Å². The van der Waals surface area contributed by atoms with Crippen LogP contribution in [0.2, 0.25) is 0 Å². The molecule has 1 unspecified atom stereocenters. The Morgan fingerprint density at radius 3 is 2.85 bits per heavy atom. The van der Waals surface area contributed by atoms with Crippen LogP contribution in [0.15, 0.2) is 0 Å². The number of aliphatic carboxylic acids is 1. The van der Waals surface area contributed by atoms with Crippen molar-refractivity contribution in [1.29, 1.82) is 5.26 Å². The number of hydrogen-bond donors (Lipinski definition) is 2. The molecule has 13 heavy (non-hydrogen) atoms. The molecule has 4 nitrogen and oxygen atoms in total. The van der Waals surface area contributed by atoms with Gasteiger partial charge in [-0.3, -0.25) is 4.79 Å². The highest BCUT2D eigenvalue weighted by atomic mass is 16.4. The van der Waals surface area contributed by atoms with Crippen molar-refractivity contribution in [2.45, 2.75) is 31.7 Å². The summed E-state index contributed by atoms with van der Waals surface area (Å²) in [5, 5.41) is 20.0. The van der Waals surface area contributed by atoms with Crippen LogP contribution >= 0.6 is 0 Å². The quantitative estimate of drug-likeness (QED) is 0.594. The molecule has 4 heteroatoms. The van der Waals surface area contributed by atoms with E-state index in [9.17, 15) is 4.79 Å². The molecule has 1 aliphatic carbocycles. The predicted molar refractivity (Wildman–Crippen MR) is 47.0 cm³/mol. The molecular formula is C9H14N2O2. The minimum atomic E-state index is -0.764. The van der Waals surface area contributed by atoms with Crippen LogP contribution in [-0.2, 0) is 4.79 Å². The van der Waals surface area contributed by atoms with Crippen LogP contribution in [0.1, 0.15) is 25.7 Å². The molecule has 1 fully saturated rings. The first kappa shape index (κ1) is 10.0. The van der Waals surface area contributed by atoms with Crippen LogP contribution in [0.4, 0.5) is 0 Å². The van der Waals surface area contributed by atoms with E-state index in [0.29, 0.717) is 18.9 Å². The summed E-state index contributed by atoms with van der Waals surface area (Å²) in [5.74, 6) is -0.445. The van der Waals surface area contributed by atoms with Gasteiger partial charge in [-0.15, -0.1) is 0 Å². The number of carboxylic acids is 1. The van der Waals surface area contributed by atoms with Crippen molar-refractivity contribution in [3.05, 3.63) is 0 Å². The number of unbranched alkanes of at least 4 members (excludes halogenated alkanes) is 1. The average molecular weight is 182 g/mol. The standard InChI is InChI=1S/C9H14N2O2/c10-5-1-2-6-11-8(9(12)13)7-3-4-7/h7-8,11H,1-4,6H2,(H,12,13). The van der Waals surface area contributed by atoms with Crippen molar-refractivity contribution in [3.63, 3.8) is 0 Å². The lowest BCUT2D eigenvalue weighted by Gasteiger charge is -2.12. The Labute approximate surface area is 77.6 Å². The number of nitriles is 1. The zero-order valence-corrected chi connectivity index (χ0v) is 7.49. The van der Waals surface area contributed by atoms with Crippen LogP contribution in [-0.4, -0.2) is 23.7 Å². The summed E-state index contributed by atoms with van der Waals surface area (Å²) in [4.78, 5) is 10.7. The van der Waals surface area contributed by atoms with E-state index in [4.69, 9.17) is 10.4 Å². The van der Waals surface area contributed by atoms with Gasteiger partial charge in [0.1, 0.15) is 6.04 Å². The molecule has 72 valence electrons. The van der Waals surface area contributed by atoms with Gasteiger partial charge in [-0.1, -0.05) is 0 Å². The topological polar surface area (TPSA) is 73.1 Å². The smallest absolute Gasteiger partial charge is 0.320 e. The third kappa shape index (κ3) is 3.43. The van der Waals surface area contributed by atoms with Gasteiger partial charge in [0, 0.05) is 6.42 Å². The van der Waals surface area contributed by atoms with E-state index in [1.54, 1.807) is 0 Å². The molecule has 0 aromatic rings. The SMILES string of the molecule is N#CCCCNC(C(=O)O)C1CC1. The lowest BCUT2D eigenvalue weighted by molar-refractivity contribution is -0.140. The number of hydrogen-bond acceptors (Lipinski definition) is 3. The normalized spacial score (nSPS) is 17.8. The fourth-order valence-electron chi connectivity index (χ4n) is 1.31. The maximum atomic E-state index is 10.7. The number of nitrogens with zero attached hydrogens (tertiary/aromatic N) is 1. The van der Waals surface area contributed by atoms with Crippen molar-refractivity contribution in [3.8, 4) is 6.07 Å². The Kier molecular flexibility index (Phi) is 3.71. The minimum absolute atomic E-state index is 0.319. The molecular weight excluding hydrogens is 168 g/mol. The number of nitrogens with one attached hydrogen (secondary N) is 1.